The van der Waals surface area contributed by atoms with Crippen LogP contribution in [0.25, 0.3) is 0 Å². The Kier molecular flexibility index (Phi) is 4.55. The molecule has 0 saturated heterocycles. The highest BCUT2D eigenvalue weighted by atomic mass is 16.6. The van der Waals surface area contributed by atoms with Crippen molar-refractivity contribution in [3.8, 4) is 0 Å². The zero-order valence-corrected chi connectivity index (χ0v) is 11.5. The molecule has 1 heterocycles. The summed E-state index contributed by atoms with van der Waals surface area (Å²) in [5.41, 5.74) is 0.305. The number of carbonyl (C=O) groups is 1. The van der Waals surface area contributed by atoms with Crippen molar-refractivity contribution < 1.29 is 14.5 Å². The summed E-state index contributed by atoms with van der Waals surface area (Å²) in [6.07, 6.45) is 3.88. The number of aromatic nitrogens is 1. The van der Waals surface area contributed by atoms with E-state index in [1.54, 1.807) is 6.07 Å². The Balaban J connectivity index is 2.09. The van der Waals surface area contributed by atoms with E-state index in [9.17, 15) is 14.9 Å². The lowest BCUT2D eigenvalue weighted by atomic mass is 10.1. The Labute approximate surface area is 121 Å². The lowest BCUT2D eigenvalue weighted by Crippen LogP contribution is -2.11. The van der Waals surface area contributed by atoms with Crippen LogP contribution in [0, 0.1) is 10.1 Å². The van der Waals surface area contributed by atoms with Gasteiger partial charge in [0.15, 0.2) is 0 Å². The first kappa shape index (κ1) is 14.6. The molecular weight excluding hydrogens is 274 g/mol. The summed E-state index contributed by atoms with van der Waals surface area (Å²) in [5, 5.41) is 14.0. The highest BCUT2D eigenvalue weighted by molar-refractivity contribution is 5.95. The third-order valence-electron chi connectivity index (χ3n) is 2.96. The zero-order valence-electron chi connectivity index (χ0n) is 11.5. The minimum absolute atomic E-state index is 0.0616. The first-order chi connectivity index (χ1) is 10.1. The molecule has 0 atom stereocenters. The van der Waals surface area contributed by atoms with Crippen molar-refractivity contribution in [2.45, 2.75) is 6.54 Å². The van der Waals surface area contributed by atoms with Crippen LogP contribution in [0.3, 0.4) is 0 Å². The molecule has 0 saturated carbocycles. The van der Waals surface area contributed by atoms with Crippen LogP contribution in [-0.2, 0) is 11.3 Å². The number of rotatable bonds is 6. The van der Waals surface area contributed by atoms with E-state index < -0.39 is 10.9 Å². The number of esters is 1. The standard InChI is InChI=1S/C14H15N3O4/c1-21-14(18)12-10-11(4-5-13(12)17(19)20)15-6-9-16-7-2-3-8-16/h2-5,7-8,10,15H,6,9H2,1H3. The number of nitrogens with zero attached hydrogens (tertiary/aromatic N) is 2. The number of hydrogen-bond donors (Lipinski definition) is 1. The number of anilines is 1. The van der Waals surface area contributed by atoms with Crippen molar-refractivity contribution in [3.63, 3.8) is 0 Å². The van der Waals surface area contributed by atoms with Crippen molar-refractivity contribution >= 4 is 17.3 Å². The number of nitrogens with one attached hydrogen (secondary N) is 1. The normalized spacial score (nSPS) is 10.1. The first-order valence-corrected chi connectivity index (χ1v) is 6.33. The number of hydrogen-bond acceptors (Lipinski definition) is 5. The monoisotopic (exact) mass is 289 g/mol. The second-order valence-corrected chi connectivity index (χ2v) is 4.33. The molecule has 0 spiro atoms. The molecule has 0 aliphatic heterocycles. The fourth-order valence-electron chi connectivity index (χ4n) is 1.93. The van der Waals surface area contributed by atoms with E-state index in [2.05, 4.69) is 10.1 Å². The van der Waals surface area contributed by atoms with Crippen molar-refractivity contribution in [1.82, 2.24) is 4.57 Å². The van der Waals surface area contributed by atoms with Gasteiger partial charge >= 0.3 is 5.97 Å². The molecule has 0 aliphatic rings. The Bertz CT molecular complexity index is 638. The van der Waals surface area contributed by atoms with E-state index in [0.29, 0.717) is 12.2 Å². The third-order valence-corrected chi connectivity index (χ3v) is 2.96. The van der Waals surface area contributed by atoms with Crippen LogP contribution >= 0.6 is 0 Å². The van der Waals surface area contributed by atoms with Gasteiger partial charge in [-0.25, -0.2) is 4.79 Å². The molecule has 0 unspecified atom stereocenters. The summed E-state index contributed by atoms with van der Waals surface area (Å²) in [7, 11) is 1.19. The number of methoxy groups -OCH3 is 1. The van der Waals surface area contributed by atoms with Gasteiger partial charge in [0.2, 0.25) is 0 Å². The number of nitro benzene ring substituents is 1. The minimum atomic E-state index is -0.726. The summed E-state index contributed by atoms with van der Waals surface area (Å²) < 4.78 is 6.57. The lowest BCUT2D eigenvalue weighted by molar-refractivity contribution is -0.385. The Morgan fingerprint density at radius 1 is 1.38 bits per heavy atom. The average Bonchev–Trinajstić information content (AvgIpc) is 2.99. The summed E-state index contributed by atoms with van der Waals surface area (Å²) in [4.78, 5) is 21.9. The molecule has 0 bridgehead atoms. The number of carbonyl (C=O) groups excluding carboxylic acids is 1. The smallest absolute Gasteiger partial charge is 0.344 e. The van der Waals surface area contributed by atoms with Gasteiger partial charge in [0.1, 0.15) is 5.56 Å². The van der Waals surface area contributed by atoms with E-state index in [4.69, 9.17) is 0 Å². The second kappa shape index (κ2) is 6.56. The van der Waals surface area contributed by atoms with Gasteiger partial charge in [0, 0.05) is 37.2 Å². The van der Waals surface area contributed by atoms with E-state index in [0.717, 1.165) is 6.54 Å². The van der Waals surface area contributed by atoms with Crippen molar-refractivity contribution in [2.24, 2.45) is 0 Å². The molecule has 0 amide bonds. The predicted octanol–water partition coefficient (Wildman–Crippen LogP) is 2.29. The van der Waals surface area contributed by atoms with Gasteiger partial charge in [0.25, 0.3) is 5.69 Å². The van der Waals surface area contributed by atoms with E-state index >= 15 is 0 Å². The number of ether oxygens (including phenoxy) is 1. The largest absolute Gasteiger partial charge is 0.465 e. The zero-order chi connectivity index (χ0) is 15.2. The molecule has 2 rings (SSSR count). The van der Waals surface area contributed by atoms with Crippen LogP contribution < -0.4 is 5.32 Å². The molecule has 1 N–H and O–H groups in total. The Morgan fingerprint density at radius 2 is 2.10 bits per heavy atom. The molecule has 1 aromatic heterocycles. The SMILES string of the molecule is COC(=O)c1cc(NCCn2cccc2)ccc1[N+](=O)[O-]. The second-order valence-electron chi connectivity index (χ2n) is 4.33. The van der Waals surface area contributed by atoms with Gasteiger partial charge in [-0.2, -0.15) is 0 Å². The molecule has 0 radical (unpaired) electrons. The van der Waals surface area contributed by atoms with Crippen LogP contribution in [0.5, 0.6) is 0 Å². The number of benzene rings is 1. The van der Waals surface area contributed by atoms with Crippen molar-refractivity contribution in [3.05, 3.63) is 58.4 Å². The van der Waals surface area contributed by atoms with Crippen LogP contribution in [0.1, 0.15) is 10.4 Å². The minimum Gasteiger partial charge on any atom is -0.465 e. The average molecular weight is 289 g/mol. The molecule has 7 heteroatoms. The van der Waals surface area contributed by atoms with Crippen molar-refractivity contribution in [2.75, 3.05) is 19.0 Å². The van der Waals surface area contributed by atoms with Gasteiger partial charge in [0.05, 0.1) is 12.0 Å². The quantitative estimate of drug-likeness (QED) is 0.501. The highest BCUT2D eigenvalue weighted by Crippen LogP contribution is 2.23. The molecule has 21 heavy (non-hydrogen) atoms. The maximum absolute atomic E-state index is 11.6. The molecule has 7 nitrogen and oxygen atoms in total. The molecule has 0 aliphatic carbocycles. The maximum atomic E-state index is 11.6. The number of nitro groups is 1. The van der Waals surface area contributed by atoms with E-state index in [-0.39, 0.29) is 11.3 Å². The van der Waals surface area contributed by atoms with Gasteiger partial charge in [-0.05, 0) is 24.3 Å². The summed E-state index contributed by atoms with van der Waals surface area (Å²) in [6.45, 7) is 1.38. The van der Waals surface area contributed by atoms with Gasteiger partial charge in [-0.1, -0.05) is 0 Å². The Hall–Kier alpha value is -2.83. The third kappa shape index (κ3) is 3.59. The maximum Gasteiger partial charge on any atom is 0.344 e. The lowest BCUT2D eigenvalue weighted by Gasteiger charge is -2.09. The topological polar surface area (TPSA) is 86.4 Å². The van der Waals surface area contributed by atoms with E-state index in [1.807, 2.05) is 29.1 Å². The van der Waals surface area contributed by atoms with E-state index in [1.165, 1.54) is 19.2 Å². The van der Waals surface area contributed by atoms with Gasteiger partial charge in [-0.15, -0.1) is 0 Å². The van der Waals surface area contributed by atoms with Crippen molar-refractivity contribution in [1.29, 1.82) is 0 Å². The predicted molar refractivity (Wildman–Crippen MR) is 77.4 cm³/mol. The molecular formula is C14H15N3O4. The summed E-state index contributed by atoms with van der Waals surface area (Å²) in [6, 6.07) is 8.16. The molecule has 1 aromatic carbocycles. The van der Waals surface area contributed by atoms with Gasteiger partial charge in [-0.3, -0.25) is 10.1 Å². The van der Waals surface area contributed by atoms with Crippen LogP contribution in [0.15, 0.2) is 42.7 Å². The van der Waals surface area contributed by atoms with Crippen LogP contribution in [-0.4, -0.2) is 29.1 Å². The first-order valence-electron chi connectivity index (χ1n) is 6.33. The van der Waals surface area contributed by atoms with Crippen LogP contribution in [0.2, 0.25) is 0 Å². The molecule has 0 fully saturated rings. The van der Waals surface area contributed by atoms with Crippen LogP contribution in [0.4, 0.5) is 11.4 Å². The molecule has 110 valence electrons. The fourth-order valence-corrected chi connectivity index (χ4v) is 1.93. The summed E-state index contributed by atoms with van der Waals surface area (Å²) in [5.74, 6) is -0.726. The fraction of sp³-hybridized carbons (Fsp3) is 0.214. The Morgan fingerprint density at radius 3 is 2.71 bits per heavy atom. The summed E-state index contributed by atoms with van der Waals surface area (Å²) >= 11 is 0. The van der Waals surface area contributed by atoms with Gasteiger partial charge < -0.3 is 14.6 Å². The molecule has 2 aromatic rings. The highest BCUT2D eigenvalue weighted by Gasteiger charge is 2.21.